The average Bonchev–Trinajstić information content (AvgIpc) is 2.17. The molecule has 0 aliphatic carbocycles. The number of carboxylic acids is 1. The van der Waals surface area contributed by atoms with E-state index in [4.69, 9.17) is 12.7 Å². The van der Waals surface area contributed by atoms with Crippen molar-refractivity contribution in [3.05, 3.63) is 0 Å². The zero-order valence-electron chi connectivity index (χ0n) is 16.6. The van der Waals surface area contributed by atoms with E-state index in [1.165, 1.54) is 0 Å². The summed E-state index contributed by atoms with van der Waals surface area (Å²) in [6.45, 7) is 3.46. The van der Waals surface area contributed by atoms with Crippen LogP contribution in [-0.4, -0.2) is 26.0 Å². The first kappa shape index (κ1) is 7.87. The minimum absolute atomic E-state index is 0.189. The van der Waals surface area contributed by atoms with E-state index < -0.39 is 46.4 Å². The molecule has 1 unspecified atom stereocenters. The van der Waals surface area contributed by atoms with Crippen molar-refractivity contribution >= 4 is 14.3 Å². The van der Waals surface area contributed by atoms with Gasteiger partial charge in [0.25, 0.3) is 0 Å². The third-order valence-electron chi connectivity index (χ3n) is 3.15. The average molecular weight is 252 g/mol. The second kappa shape index (κ2) is 5.32. The molecular weight excluding hydrogens is 220 g/mol. The molecular formula is C12H26O3Si. The first-order chi connectivity index (χ1) is 9.41. The van der Waals surface area contributed by atoms with Crippen LogP contribution >= 0.6 is 0 Å². The third kappa shape index (κ3) is 4.26. The molecule has 4 heteroatoms. The Kier molecular flexibility index (Phi) is 2.62. The lowest BCUT2D eigenvalue weighted by Crippen LogP contribution is -2.43. The van der Waals surface area contributed by atoms with Crippen LogP contribution in [0.15, 0.2) is 0 Å². The molecule has 0 bridgehead atoms. The lowest BCUT2D eigenvalue weighted by atomic mass is 9.97. The Bertz CT molecular complexity index is 383. The molecule has 0 aliphatic rings. The van der Waals surface area contributed by atoms with Gasteiger partial charge in [-0.1, -0.05) is 34.5 Å². The number of carbonyl (C=O) groups is 1. The first-order valence-corrected chi connectivity index (χ1v) is 8.19. The highest BCUT2D eigenvalue weighted by atomic mass is 28.4. The van der Waals surface area contributed by atoms with Crippen molar-refractivity contribution < 1.29 is 22.6 Å². The van der Waals surface area contributed by atoms with Crippen LogP contribution in [0, 0.1) is 11.8 Å². The van der Waals surface area contributed by atoms with Crippen molar-refractivity contribution in [3.63, 3.8) is 0 Å². The molecule has 0 rings (SSSR count). The number of aliphatic carboxylic acids is 1. The fourth-order valence-corrected chi connectivity index (χ4v) is 1.85. The normalized spacial score (nSPS) is 22.4. The van der Waals surface area contributed by atoms with E-state index >= 15 is 0 Å². The maximum Gasteiger partial charge on any atom is 0.309 e. The first-order valence-electron chi connectivity index (χ1n) is 8.28. The number of hydrogen-bond acceptors (Lipinski definition) is 2. The van der Waals surface area contributed by atoms with Gasteiger partial charge in [-0.25, -0.2) is 0 Å². The molecule has 0 saturated heterocycles. The maximum absolute atomic E-state index is 11.4. The minimum Gasteiger partial charge on any atom is -0.481 e. The summed E-state index contributed by atoms with van der Waals surface area (Å²) in [6, 6.07) is 0. The molecule has 16 heavy (non-hydrogen) atoms. The number of carboxylic acid groups (broad SMARTS) is 1. The lowest BCUT2D eigenvalue weighted by Gasteiger charge is -2.37. The molecule has 1 atom stereocenters. The number of rotatable bonds is 5. The maximum atomic E-state index is 11.4. The van der Waals surface area contributed by atoms with Crippen molar-refractivity contribution in [1.29, 1.82) is 0 Å². The van der Waals surface area contributed by atoms with Gasteiger partial charge in [0.15, 0.2) is 8.32 Å². The van der Waals surface area contributed by atoms with E-state index in [1.54, 1.807) is 0 Å². The van der Waals surface area contributed by atoms with Crippen LogP contribution in [0.2, 0.25) is 18.1 Å². The molecule has 0 aromatic rings. The summed E-state index contributed by atoms with van der Waals surface area (Å²) in [4.78, 5) is 11.4. The van der Waals surface area contributed by atoms with Crippen molar-refractivity contribution in [2.24, 2.45) is 11.8 Å². The van der Waals surface area contributed by atoms with Crippen LogP contribution in [0.1, 0.15) is 42.7 Å². The van der Waals surface area contributed by atoms with Crippen LogP contribution in [0.4, 0.5) is 0 Å². The van der Waals surface area contributed by atoms with Gasteiger partial charge in [-0.2, -0.15) is 0 Å². The molecule has 0 amide bonds. The van der Waals surface area contributed by atoms with Gasteiger partial charge in [0.2, 0.25) is 0 Å². The molecule has 0 radical (unpaired) electrons. The second-order valence-electron chi connectivity index (χ2n) is 5.49. The zero-order chi connectivity index (χ0) is 18.1. The molecule has 0 aromatic carbocycles. The van der Waals surface area contributed by atoms with E-state index in [2.05, 4.69) is 0 Å². The summed E-state index contributed by atoms with van der Waals surface area (Å²) < 4.78 is 50.1. The number of hydrogen-bond donors (Lipinski definition) is 1. The molecule has 0 spiro atoms. The summed E-state index contributed by atoms with van der Waals surface area (Å²) in [5.41, 5.74) is 0. The van der Waals surface area contributed by atoms with Crippen molar-refractivity contribution in [3.8, 4) is 0 Å². The highest BCUT2D eigenvalue weighted by Crippen LogP contribution is 2.37. The van der Waals surface area contributed by atoms with E-state index in [0.717, 1.165) is 0 Å². The summed E-state index contributed by atoms with van der Waals surface area (Å²) in [5.74, 6) is -5.02. The van der Waals surface area contributed by atoms with Crippen LogP contribution in [0.5, 0.6) is 0 Å². The Morgan fingerprint density at radius 3 is 2.25 bits per heavy atom. The van der Waals surface area contributed by atoms with Gasteiger partial charge in [0.05, 0.1) is 5.92 Å². The van der Waals surface area contributed by atoms with Crippen LogP contribution < -0.4 is 0 Å². The molecule has 3 nitrogen and oxygen atoms in total. The molecule has 1 N–H and O–H groups in total. The minimum atomic E-state index is -2.90. The SMILES string of the molecule is [2H]C([2H])([2H])C(C(CO[Si](C)(C)C(C)(C)C)C(=O)O)C([2H])([2H])[2H]. The molecule has 0 aliphatic heterocycles. The summed E-state index contributed by atoms with van der Waals surface area (Å²) >= 11 is 0. The van der Waals surface area contributed by atoms with Gasteiger partial charge in [-0.15, -0.1) is 0 Å². The zero-order valence-corrected chi connectivity index (χ0v) is 11.6. The predicted octanol–water partition coefficient (Wildman–Crippen LogP) is 3.37. The molecule has 0 heterocycles. The van der Waals surface area contributed by atoms with Gasteiger partial charge >= 0.3 is 5.97 Å². The lowest BCUT2D eigenvalue weighted by molar-refractivity contribution is -0.144. The van der Waals surface area contributed by atoms with Gasteiger partial charge in [-0.3, -0.25) is 4.79 Å². The summed E-state index contributed by atoms with van der Waals surface area (Å²) in [7, 11) is -2.31. The highest BCUT2D eigenvalue weighted by molar-refractivity contribution is 6.74. The van der Waals surface area contributed by atoms with E-state index in [9.17, 15) is 9.90 Å². The van der Waals surface area contributed by atoms with Crippen LogP contribution in [-0.2, 0) is 9.22 Å². The Morgan fingerprint density at radius 2 is 1.94 bits per heavy atom. The molecule has 0 fully saturated rings. The molecule has 96 valence electrons. The largest absolute Gasteiger partial charge is 0.481 e. The van der Waals surface area contributed by atoms with Gasteiger partial charge in [0.1, 0.15) is 0 Å². The van der Waals surface area contributed by atoms with E-state index in [0.29, 0.717) is 0 Å². The Hall–Kier alpha value is -0.353. The monoisotopic (exact) mass is 252 g/mol. The quantitative estimate of drug-likeness (QED) is 0.763. The van der Waals surface area contributed by atoms with Gasteiger partial charge in [-0.05, 0) is 24.1 Å². The van der Waals surface area contributed by atoms with Crippen molar-refractivity contribution in [1.82, 2.24) is 0 Å². The predicted molar refractivity (Wildman–Crippen MR) is 69.1 cm³/mol. The van der Waals surface area contributed by atoms with E-state index in [1.807, 2.05) is 33.9 Å². The highest BCUT2D eigenvalue weighted by Gasteiger charge is 2.38. The van der Waals surface area contributed by atoms with Crippen LogP contribution in [0.25, 0.3) is 0 Å². The Balaban J connectivity index is 5.44. The fraction of sp³-hybridized carbons (Fsp3) is 0.917. The summed E-state index contributed by atoms with van der Waals surface area (Å²) in [6.07, 6.45) is 0. The third-order valence-corrected chi connectivity index (χ3v) is 7.65. The van der Waals surface area contributed by atoms with E-state index in [-0.39, 0.29) is 5.04 Å². The van der Waals surface area contributed by atoms with Crippen LogP contribution in [0.3, 0.4) is 0 Å². The van der Waals surface area contributed by atoms with Crippen molar-refractivity contribution in [2.45, 2.75) is 52.6 Å². The standard InChI is InChI=1S/C12H26O3Si/c1-9(2)10(11(13)14)8-15-16(6,7)12(3,4)5/h9-10H,8H2,1-7H3,(H,13,14)/i1D3,2D3. The smallest absolute Gasteiger partial charge is 0.309 e. The topological polar surface area (TPSA) is 46.5 Å². The van der Waals surface area contributed by atoms with Crippen molar-refractivity contribution in [2.75, 3.05) is 6.61 Å². The molecule has 0 saturated carbocycles. The second-order valence-corrected chi connectivity index (χ2v) is 10.3. The fourth-order valence-electron chi connectivity index (χ4n) is 0.825. The Labute approximate surface area is 109 Å². The summed E-state index contributed by atoms with van der Waals surface area (Å²) in [5, 5.41) is 9.12. The van der Waals surface area contributed by atoms with Gasteiger partial charge in [0, 0.05) is 14.8 Å². The van der Waals surface area contributed by atoms with Gasteiger partial charge < -0.3 is 9.53 Å². The Morgan fingerprint density at radius 1 is 1.44 bits per heavy atom. The molecule has 0 aromatic heterocycles.